The highest BCUT2D eigenvalue weighted by atomic mass is 16.5. The van der Waals surface area contributed by atoms with Crippen LogP contribution in [0.25, 0.3) is 0 Å². The van der Waals surface area contributed by atoms with E-state index in [-0.39, 0.29) is 5.78 Å². The minimum absolute atomic E-state index is 0.0919. The largest absolute Gasteiger partial charge is 0.469 e. The molecule has 86 valence electrons. The number of Topliss-reactive ketones (excluding diaryl/α,β-unsaturated/α-hetero) is 1. The fraction of sp³-hybridized carbons (Fsp3) is 0.545. The van der Waals surface area contributed by atoms with Crippen molar-refractivity contribution in [3.05, 3.63) is 12.2 Å². The molecule has 0 amide bonds. The number of hydrogen-bond acceptors (Lipinski definition) is 5. The summed E-state index contributed by atoms with van der Waals surface area (Å²) in [6.45, 7) is 0. The van der Waals surface area contributed by atoms with Gasteiger partial charge in [-0.1, -0.05) is 12.2 Å². The lowest BCUT2D eigenvalue weighted by Crippen LogP contribution is -2.34. The van der Waals surface area contributed by atoms with E-state index in [1.165, 1.54) is 14.2 Å². The van der Waals surface area contributed by atoms with E-state index in [0.717, 1.165) is 0 Å². The Hall–Kier alpha value is -1.65. The SMILES string of the molecule is COC(=O)C1C2C=CC(C2=O)C1C(=O)OC. The zero-order chi connectivity index (χ0) is 11.9. The smallest absolute Gasteiger partial charge is 0.310 e. The number of allylic oxidation sites excluding steroid dienone is 2. The Labute approximate surface area is 92.4 Å². The summed E-state index contributed by atoms with van der Waals surface area (Å²) in [6.07, 6.45) is 3.35. The van der Waals surface area contributed by atoms with Crippen molar-refractivity contribution in [3.63, 3.8) is 0 Å². The molecule has 2 bridgehead atoms. The molecular weight excluding hydrogens is 212 g/mol. The van der Waals surface area contributed by atoms with Crippen LogP contribution in [0, 0.1) is 23.7 Å². The molecule has 2 aliphatic rings. The zero-order valence-electron chi connectivity index (χ0n) is 9.01. The number of carbonyl (C=O) groups is 3. The van der Waals surface area contributed by atoms with Crippen LogP contribution in [-0.4, -0.2) is 31.9 Å². The van der Waals surface area contributed by atoms with Crippen LogP contribution in [0.2, 0.25) is 0 Å². The third-order valence-electron chi connectivity index (χ3n) is 3.29. The van der Waals surface area contributed by atoms with Gasteiger partial charge in [-0.05, 0) is 0 Å². The maximum Gasteiger partial charge on any atom is 0.310 e. The predicted octanol–water partition coefficient (Wildman–Crippen LogP) is -0.0503. The van der Waals surface area contributed by atoms with Crippen molar-refractivity contribution in [1.29, 1.82) is 0 Å². The molecule has 2 rings (SSSR count). The van der Waals surface area contributed by atoms with Crippen LogP contribution in [-0.2, 0) is 23.9 Å². The van der Waals surface area contributed by atoms with Gasteiger partial charge in [0.05, 0.1) is 37.9 Å². The fourth-order valence-corrected chi connectivity index (χ4v) is 2.55. The second-order valence-corrected chi connectivity index (χ2v) is 3.94. The number of ether oxygens (including phenoxy) is 2. The van der Waals surface area contributed by atoms with Gasteiger partial charge in [-0.3, -0.25) is 14.4 Å². The Kier molecular flexibility index (Phi) is 2.53. The van der Waals surface area contributed by atoms with Gasteiger partial charge in [-0.25, -0.2) is 0 Å². The summed E-state index contributed by atoms with van der Waals surface area (Å²) in [5.41, 5.74) is 0. The van der Waals surface area contributed by atoms with Gasteiger partial charge in [-0.15, -0.1) is 0 Å². The molecule has 1 saturated carbocycles. The maximum absolute atomic E-state index is 11.8. The fourth-order valence-electron chi connectivity index (χ4n) is 2.55. The van der Waals surface area contributed by atoms with Crippen molar-refractivity contribution in [3.8, 4) is 0 Å². The molecule has 5 nitrogen and oxygen atoms in total. The van der Waals surface area contributed by atoms with Crippen molar-refractivity contribution in [1.82, 2.24) is 0 Å². The Morgan fingerprint density at radius 1 is 1.00 bits per heavy atom. The number of esters is 2. The summed E-state index contributed by atoms with van der Waals surface area (Å²) in [7, 11) is 2.49. The zero-order valence-corrected chi connectivity index (χ0v) is 9.01. The predicted molar refractivity (Wildman–Crippen MR) is 52.1 cm³/mol. The van der Waals surface area contributed by atoms with E-state index in [1.54, 1.807) is 12.2 Å². The third kappa shape index (κ3) is 1.27. The lowest BCUT2D eigenvalue weighted by atomic mass is 9.83. The normalized spacial score (nSPS) is 35.2. The minimum Gasteiger partial charge on any atom is -0.469 e. The van der Waals surface area contributed by atoms with Crippen LogP contribution in [0.15, 0.2) is 12.2 Å². The van der Waals surface area contributed by atoms with Crippen LogP contribution in [0.3, 0.4) is 0 Å². The standard InChI is InChI=1S/C11H12O5/c1-15-10(13)7-5-3-4-6(9(5)12)8(7)11(14)16-2/h3-8H,1-2H3. The van der Waals surface area contributed by atoms with E-state index < -0.39 is 35.6 Å². The van der Waals surface area contributed by atoms with Crippen LogP contribution in [0.4, 0.5) is 0 Å². The molecule has 0 spiro atoms. The summed E-state index contributed by atoms with van der Waals surface area (Å²) in [4.78, 5) is 34.9. The molecule has 0 radical (unpaired) electrons. The summed E-state index contributed by atoms with van der Waals surface area (Å²) in [5.74, 6) is -3.64. The molecule has 16 heavy (non-hydrogen) atoms. The Bertz CT molecular complexity index is 350. The van der Waals surface area contributed by atoms with Crippen LogP contribution < -0.4 is 0 Å². The lowest BCUT2D eigenvalue weighted by Gasteiger charge is -2.21. The number of fused-ring (bicyclic) bond motifs is 2. The average Bonchev–Trinajstić information content (AvgIpc) is 2.80. The molecular formula is C11H12O5. The second kappa shape index (κ2) is 3.73. The first kappa shape index (κ1) is 10.9. The molecule has 0 aliphatic heterocycles. The quantitative estimate of drug-likeness (QED) is 0.486. The van der Waals surface area contributed by atoms with Gasteiger partial charge in [0.15, 0.2) is 0 Å². The topological polar surface area (TPSA) is 69.7 Å². The monoisotopic (exact) mass is 224 g/mol. The van der Waals surface area contributed by atoms with E-state index in [1.807, 2.05) is 0 Å². The highest BCUT2D eigenvalue weighted by molar-refractivity contribution is 6.02. The Morgan fingerprint density at radius 3 is 1.69 bits per heavy atom. The molecule has 0 N–H and O–H groups in total. The summed E-state index contributed by atoms with van der Waals surface area (Å²) >= 11 is 0. The van der Waals surface area contributed by atoms with Crippen molar-refractivity contribution < 1.29 is 23.9 Å². The number of ketones is 1. The first-order valence-corrected chi connectivity index (χ1v) is 4.99. The lowest BCUT2D eigenvalue weighted by molar-refractivity contribution is -0.158. The molecule has 2 aliphatic carbocycles. The van der Waals surface area contributed by atoms with E-state index >= 15 is 0 Å². The minimum atomic E-state index is -0.722. The van der Waals surface area contributed by atoms with Crippen molar-refractivity contribution in [2.45, 2.75) is 0 Å². The van der Waals surface area contributed by atoms with Gasteiger partial charge < -0.3 is 9.47 Å². The molecule has 5 heteroatoms. The first-order valence-electron chi connectivity index (χ1n) is 4.99. The summed E-state index contributed by atoms with van der Waals surface area (Å²) in [6, 6.07) is 0. The van der Waals surface area contributed by atoms with Gasteiger partial charge in [0, 0.05) is 0 Å². The Morgan fingerprint density at radius 2 is 1.38 bits per heavy atom. The van der Waals surface area contributed by atoms with Gasteiger partial charge >= 0.3 is 11.9 Å². The second-order valence-electron chi connectivity index (χ2n) is 3.94. The third-order valence-corrected chi connectivity index (χ3v) is 3.29. The summed E-state index contributed by atoms with van der Waals surface area (Å²) < 4.78 is 9.25. The molecule has 4 atom stereocenters. The van der Waals surface area contributed by atoms with Crippen molar-refractivity contribution >= 4 is 17.7 Å². The van der Waals surface area contributed by atoms with Gasteiger partial charge in [0.2, 0.25) is 0 Å². The van der Waals surface area contributed by atoms with Gasteiger partial charge in [-0.2, -0.15) is 0 Å². The molecule has 4 unspecified atom stereocenters. The van der Waals surface area contributed by atoms with E-state index in [4.69, 9.17) is 0 Å². The molecule has 1 fully saturated rings. The molecule has 0 saturated heterocycles. The highest BCUT2D eigenvalue weighted by Crippen LogP contribution is 2.46. The number of hydrogen-bond donors (Lipinski definition) is 0. The molecule has 0 heterocycles. The first-order chi connectivity index (χ1) is 7.61. The number of methoxy groups -OCH3 is 2. The molecule has 0 aromatic heterocycles. The van der Waals surface area contributed by atoms with E-state index in [2.05, 4.69) is 9.47 Å². The molecule has 0 aromatic rings. The van der Waals surface area contributed by atoms with Gasteiger partial charge in [0.1, 0.15) is 5.78 Å². The van der Waals surface area contributed by atoms with Gasteiger partial charge in [0.25, 0.3) is 0 Å². The van der Waals surface area contributed by atoms with Crippen molar-refractivity contribution in [2.75, 3.05) is 14.2 Å². The number of rotatable bonds is 2. The average molecular weight is 224 g/mol. The molecule has 0 aromatic carbocycles. The highest BCUT2D eigenvalue weighted by Gasteiger charge is 2.58. The number of carbonyl (C=O) groups excluding carboxylic acids is 3. The van der Waals surface area contributed by atoms with Crippen molar-refractivity contribution in [2.24, 2.45) is 23.7 Å². The Balaban J connectivity index is 2.35. The maximum atomic E-state index is 11.8. The van der Waals surface area contributed by atoms with E-state index in [9.17, 15) is 14.4 Å². The van der Waals surface area contributed by atoms with E-state index in [0.29, 0.717) is 0 Å². The summed E-state index contributed by atoms with van der Waals surface area (Å²) in [5, 5.41) is 0. The van der Waals surface area contributed by atoms with Crippen LogP contribution in [0.1, 0.15) is 0 Å². The van der Waals surface area contributed by atoms with Crippen LogP contribution >= 0.6 is 0 Å². The van der Waals surface area contributed by atoms with Crippen LogP contribution in [0.5, 0.6) is 0 Å².